The molecule has 3 N–H and O–H groups in total. The minimum Gasteiger partial charge on any atom is -0.322 e. The third-order valence-electron chi connectivity index (χ3n) is 3.98. The van der Waals surface area contributed by atoms with Gasteiger partial charge in [-0.05, 0) is 54.1 Å². The van der Waals surface area contributed by atoms with Crippen molar-refractivity contribution in [1.29, 1.82) is 0 Å². The zero-order valence-corrected chi connectivity index (χ0v) is 16.7. The van der Waals surface area contributed by atoms with Gasteiger partial charge in [-0.3, -0.25) is 14.4 Å². The number of nitrogens with zero attached hydrogens (tertiary/aromatic N) is 1. The molecule has 0 aliphatic carbocycles. The summed E-state index contributed by atoms with van der Waals surface area (Å²) in [5.41, 5.74) is 3.43. The van der Waals surface area contributed by atoms with Gasteiger partial charge in [0.2, 0.25) is 0 Å². The van der Waals surface area contributed by atoms with E-state index < -0.39 is 23.5 Å². The summed E-state index contributed by atoms with van der Waals surface area (Å²) in [7, 11) is 0. The molecule has 156 valence electrons. The Labute approximate surface area is 181 Å². The quantitative estimate of drug-likeness (QED) is 0.321. The summed E-state index contributed by atoms with van der Waals surface area (Å²) < 4.78 is 12.9. The molecule has 0 aromatic heterocycles. The predicted molar refractivity (Wildman–Crippen MR) is 117 cm³/mol. The molecule has 3 aromatic carbocycles. The summed E-state index contributed by atoms with van der Waals surface area (Å²) in [4.78, 5) is 36.7. The Morgan fingerprint density at radius 1 is 0.839 bits per heavy atom. The molecular formula is C22H16ClFN4O3. The van der Waals surface area contributed by atoms with E-state index in [4.69, 9.17) is 11.6 Å². The number of carbonyl (C=O) groups excluding carboxylic acids is 3. The number of carbonyl (C=O) groups is 3. The smallest absolute Gasteiger partial charge is 0.322 e. The molecule has 0 aliphatic heterocycles. The van der Waals surface area contributed by atoms with Crippen molar-refractivity contribution in [2.24, 2.45) is 5.10 Å². The van der Waals surface area contributed by atoms with Crippen LogP contribution in [0.2, 0.25) is 5.02 Å². The van der Waals surface area contributed by atoms with Gasteiger partial charge >= 0.3 is 11.8 Å². The summed E-state index contributed by atoms with van der Waals surface area (Å²) >= 11 is 5.83. The first kappa shape index (κ1) is 21.7. The van der Waals surface area contributed by atoms with Crippen molar-refractivity contribution in [2.75, 3.05) is 10.6 Å². The fourth-order valence-corrected chi connectivity index (χ4v) is 2.59. The summed E-state index contributed by atoms with van der Waals surface area (Å²) in [6.45, 7) is 0. The summed E-state index contributed by atoms with van der Waals surface area (Å²) in [6.07, 6.45) is 1.26. The van der Waals surface area contributed by atoms with Crippen LogP contribution in [-0.2, 0) is 9.59 Å². The highest BCUT2D eigenvalue weighted by atomic mass is 35.5. The monoisotopic (exact) mass is 438 g/mol. The molecule has 0 radical (unpaired) electrons. The van der Waals surface area contributed by atoms with E-state index in [1.165, 1.54) is 42.6 Å². The number of benzene rings is 3. The summed E-state index contributed by atoms with van der Waals surface area (Å²) in [5, 5.41) is 9.25. The van der Waals surface area contributed by atoms with E-state index in [-0.39, 0.29) is 11.3 Å². The van der Waals surface area contributed by atoms with E-state index in [0.717, 1.165) is 0 Å². The number of hydrogen-bond acceptors (Lipinski definition) is 4. The highest BCUT2D eigenvalue weighted by Crippen LogP contribution is 2.19. The van der Waals surface area contributed by atoms with Crippen LogP contribution in [-0.4, -0.2) is 23.9 Å². The number of halogens is 2. The predicted octanol–water partition coefficient (Wildman–Crippen LogP) is 3.82. The first-order valence-corrected chi connectivity index (χ1v) is 9.36. The van der Waals surface area contributed by atoms with Crippen LogP contribution in [0.5, 0.6) is 0 Å². The molecule has 0 aliphatic rings. The standard InChI is InChI=1S/C22H16ClFN4O3/c23-15-7-11-17(12-8-15)26-20(29)18-3-1-2-4-19(18)27-21(30)22(31)28-25-13-14-5-9-16(24)10-6-14/h1-13H,(H,26,29)(H,27,30)(H,28,31)/b25-13+. The summed E-state index contributed by atoms with van der Waals surface area (Å²) in [5.74, 6) is -2.93. The summed E-state index contributed by atoms with van der Waals surface area (Å²) in [6, 6.07) is 18.1. The third kappa shape index (κ3) is 6.22. The number of rotatable bonds is 5. The Morgan fingerprint density at radius 2 is 1.52 bits per heavy atom. The number of amides is 3. The van der Waals surface area contributed by atoms with Gasteiger partial charge in [0.15, 0.2) is 0 Å². The van der Waals surface area contributed by atoms with Crippen LogP contribution in [0.3, 0.4) is 0 Å². The van der Waals surface area contributed by atoms with Crippen LogP contribution >= 0.6 is 11.6 Å². The molecule has 0 atom stereocenters. The van der Waals surface area contributed by atoms with Crippen molar-refractivity contribution < 1.29 is 18.8 Å². The van der Waals surface area contributed by atoms with Crippen molar-refractivity contribution in [3.05, 3.63) is 94.8 Å². The highest BCUT2D eigenvalue weighted by molar-refractivity contribution is 6.40. The Bertz CT molecular complexity index is 1130. The fourth-order valence-electron chi connectivity index (χ4n) is 2.47. The minimum absolute atomic E-state index is 0.150. The van der Waals surface area contributed by atoms with Crippen LogP contribution < -0.4 is 16.1 Å². The maximum Gasteiger partial charge on any atom is 0.329 e. The Balaban J connectivity index is 1.63. The molecule has 0 spiro atoms. The lowest BCUT2D eigenvalue weighted by Crippen LogP contribution is -2.33. The Kier molecular flexibility index (Phi) is 7.08. The molecule has 0 heterocycles. The van der Waals surface area contributed by atoms with Gasteiger partial charge in [0.1, 0.15) is 5.82 Å². The molecule has 31 heavy (non-hydrogen) atoms. The number of nitrogens with one attached hydrogen (secondary N) is 3. The van der Waals surface area contributed by atoms with Gasteiger partial charge in [-0.25, -0.2) is 9.82 Å². The second-order valence-electron chi connectivity index (χ2n) is 6.21. The van der Waals surface area contributed by atoms with Crippen molar-refractivity contribution in [1.82, 2.24) is 5.43 Å². The first-order valence-electron chi connectivity index (χ1n) is 8.98. The fraction of sp³-hybridized carbons (Fsp3) is 0. The Morgan fingerprint density at radius 3 is 2.23 bits per heavy atom. The van der Waals surface area contributed by atoms with Gasteiger partial charge in [-0.2, -0.15) is 5.10 Å². The van der Waals surface area contributed by atoms with Crippen molar-refractivity contribution in [2.45, 2.75) is 0 Å². The average Bonchev–Trinajstić information content (AvgIpc) is 2.77. The largest absolute Gasteiger partial charge is 0.329 e. The number of hydrazone groups is 1. The molecule has 9 heteroatoms. The second kappa shape index (κ2) is 10.1. The lowest BCUT2D eigenvalue weighted by molar-refractivity contribution is -0.136. The minimum atomic E-state index is -1.04. The average molecular weight is 439 g/mol. The number of para-hydroxylation sites is 1. The normalized spacial score (nSPS) is 10.5. The molecule has 3 aromatic rings. The molecule has 0 saturated heterocycles. The molecule has 0 unspecified atom stereocenters. The van der Waals surface area contributed by atoms with Crippen LogP contribution in [0.1, 0.15) is 15.9 Å². The van der Waals surface area contributed by atoms with E-state index in [9.17, 15) is 18.8 Å². The van der Waals surface area contributed by atoms with Crippen LogP contribution in [0, 0.1) is 5.82 Å². The number of hydrogen-bond donors (Lipinski definition) is 3. The van der Waals surface area contributed by atoms with Crippen LogP contribution in [0.15, 0.2) is 77.9 Å². The SMILES string of the molecule is O=C(N/N=C/c1ccc(F)cc1)C(=O)Nc1ccccc1C(=O)Nc1ccc(Cl)cc1. The molecule has 0 saturated carbocycles. The van der Waals surface area contributed by atoms with Crippen LogP contribution in [0.25, 0.3) is 0 Å². The van der Waals surface area contributed by atoms with E-state index in [1.54, 1.807) is 36.4 Å². The Hall–Kier alpha value is -4.04. The topological polar surface area (TPSA) is 99.7 Å². The van der Waals surface area contributed by atoms with E-state index >= 15 is 0 Å². The molecular weight excluding hydrogens is 423 g/mol. The maximum absolute atomic E-state index is 12.9. The van der Waals surface area contributed by atoms with Crippen molar-refractivity contribution in [3.8, 4) is 0 Å². The maximum atomic E-state index is 12.9. The van der Waals surface area contributed by atoms with Crippen molar-refractivity contribution >= 4 is 46.9 Å². The zero-order valence-electron chi connectivity index (χ0n) is 15.9. The van der Waals surface area contributed by atoms with Crippen LogP contribution in [0.4, 0.5) is 15.8 Å². The van der Waals surface area contributed by atoms with E-state index in [1.807, 2.05) is 0 Å². The van der Waals surface area contributed by atoms with Gasteiger partial charge in [0, 0.05) is 10.7 Å². The molecule has 7 nitrogen and oxygen atoms in total. The lowest BCUT2D eigenvalue weighted by Gasteiger charge is -2.11. The van der Waals surface area contributed by atoms with Gasteiger partial charge < -0.3 is 10.6 Å². The zero-order chi connectivity index (χ0) is 22.2. The van der Waals surface area contributed by atoms with E-state index in [0.29, 0.717) is 16.3 Å². The number of anilines is 2. The lowest BCUT2D eigenvalue weighted by atomic mass is 10.1. The first-order chi connectivity index (χ1) is 14.9. The highest BCUT2D eigenvalue weighted by Gasteiger charge is 2.17. The van der Waals surface area contributed by atoms with Crippen molar-refractivity contribution in [3.63, 3.8) is 0 Å². The molecule has 3 rings (SSSR count). The molecule has 0 fully saturated rings. The second-order valence-corrected chi connectivity index (χ2v) is 6.65. The van der Waals surface area contributed by atoms with Gasteiger partial charge in [-0.1, -0.05) is 35.9 Å². The molecule has 3 amide bonds. The van der Waals surface area contributed by atoms with Gasteiger partial charge in [0.25, 0.3) is 5.91 Å². The molecule has 0 bridgehead atoms. The van der Waals surface area contributed by atoms with Gasteiger partial charge in [-0.15, -0.1) is 0 Å². The van der Waals surface area contributed by atoms with E-state index in [2.05, 4.69) is 21.2 Å². The van der Waals surface area contributed by atoms with Gasteiger partial charge in [0.05, 0.1) is 17.5 Å². The third-order valence-corrected chi connectivity index (χ3v) is 4.23.